The quantitative estimate of drug-likeness (QED) is 0.203. The Labute approximate surface area is 199 Å². The van der Waals surface area contributed by atoms with E-state index in [4.69, 9.17) is 12.2 Å². The van der Waals surface area contributed by atoms with Crippen molar-refractivity contribution in [1.29, 1.82) is 0 Å². The van der Waals surface area contributed by atoms with Gasteiger partial charge in [0, 0.05) is 29.1 Å². The number of rotatable bonds is 11. The van der Waals surface area contributed by atoms with Crippen LogP contribution in [-0.2, 0) is 0 Å². The van der Waals surface area contributed by atoms with Crippen molar-refractivity contribution in [3.05, 3.63) is 53.4 Å². The van der Waals surface area contributed by atoms with Crippen molar-refractivity contribution in [2.75, 3.05) is 11.5 Å². The number of hydrogen-bond donors (Lipinski definition) is 3. The van der Waals surface area contributed by atoms with Gasteiger partial charge in [-0.05, 0) is 44.0 Å². The van der Waals surface area contributed by atoms with Crippen molar-refractivity contribution >= 4 is 47.5 Å². The van der Waals surface area contributed by atoms with Crippen LogP contribution in [0.1, 0.15) is 40.5 Å². The Balaban J connectivity index is 0.000000539. The molecular formula is C22H34N2O2S4. The zero-order chi connectivity index (χ0) is 22.4. The van der Waals surface area contributed by atoms with Gasteiger partial charge in [0.2, 0.25) is 0 Å². The summed E-state index contributed by atoms with van der Waals surface area (Å²) in [6.07, 6.45) is 4.30. The van der Waals surface area contributed by atoms with E-state index in [0.717, 1.165) is 22.5 Å². The van der Waals surface area contributed by atoms with E-state index in [2.05, 4.69) is 37.7 Å². The molecule has 2 aromatic heterocycles. The standard InChI is InChI=1S/C17H29NO2S3.C5H5NS/c1-5-13(3)21-11-14(19)15(20)12-22-17(4,6-2)23-16-9-7-8-10-18-16;7-5-3-1-2-4-6-5/h7-10,13-15,19-20H,5-6,11-12H2,1-4H3;1-4H,(H,6,7). The molecule has 0 aliphatic heterocycles. The van der Waals surface area contributed by atoms with Crippen LogP contribution in [0, 0.1) is 4.64 Å². The second-order valence-electron chi connectivity index (χ2n) is 6.98. The third-order valence-corrected chi connectivity index (χ3v) is 9.28. The second-order valence-corrected chi connectivity index (χ2v) is 12.2. The fraction of sp³-hybridized carbons (Fsp3) is 0.545. The summed E-state index contributed by atoms with van der Waals surface area (Å²) in [5.74, 6) is 1.12. The largest absolute Gasteiger partial charge is 0.390 e. The van der Waals surface area contributed by atoms with E-state index in [0.29, 0.717) is 16.8 Å². The molecule has 4 atom stereocenters. The summed E-state index contributed by atoms with van der Waals surface area (Å²) in [7, 11) is 0. The first-order valence-electron chi connectivity index (χ1n) is 10.1. The average molecular weight is 487 g/mol. The molecule has 0 aromatic carbocycles. The molecule has 4 unspecified atom stereocenters. The number of aromatic amines is 1. The molecule has 8 heteroatoms. The van der Waals surface area contributed by atoms with Crippen molar-refractivity contribution in [2.24, 2.45) is 0 Å². The van der Waals surface area contributed by atoms with Crippen LogP contribution in [0.15, 0.2) is 53.8 Å². The van der Waals surface area contributed by atoms with Crippen LogP contribution in [0.2, 0.25) is 0 Å². The number of nitrogens with one attached hydrogen (secondary N) is 1. The number of thioether (sulfide) groups is 3. The van der Waals surface area contributed by atoms with Crippen molar-refractivity contribution in [3.8, 4) is 0 Å². The molecule has 0 bridgehead atoms. The first-order chi connectivity index (χ1) is 14.3. The molecule has 4 nitrogen and oxygen atoms in total. The number of H-pyrrole nitrogens is 1. The molecule has 0 amide bonds. The van der Waals surface area contributed by atoms with Crippen molar-refractivity contribution in [2.45, 2.75) is 67.1 Å². The highest BCUT2D eigenvalue weighted by Crippen LogP contribution is 2.43. The third-order valence-electron chi connectivity index (χ3n) is 4.41. The number of aliphatic hydroxyl groups excluding tert-OH is 2. The lowest BCUT2D eigenvalue weighted by Crippen LogP contribution is -2.32. The molecule has 0 saturated carbocycles. The van der Waals surface area contributed by atoms with Crippen LogP contribution in [0.5, 0.6) is 0 Å². The molecule has 0 aliphatic carbocycles. The topological polar surface area (TPSA) is 69.1 Å². The second kappa shape index (κ2) is 15.3. The Morgan fingerprint density at radius 2 is 1.80 bits per heavy atom. The van der Waals surface area contributed by atoms with E-state index in [9.17, 15) is 10.2 Å². The zero-order valence-corrected chi connectivity index (χ0v) is 21.4. The highest BCUT2D eigenvalue weighted by Gasteiger charge is 2.28. The van der Waals surface area contributed by atoms with E-state index in [-0.39, 0.29) is 4.08 Å². The Bertz CT molecular complexity index is 730. The van der Waals surface area contributed by atoms with Crippen LogP contribution >= 0.6 is 47.5 Å². The van der Waals surface area contributed by atoms with Gasteiger partial charge in [0.15, 0.2) is 0 Å². The van der Waals surface area contributed by atoms with Crippen LogP contribution in [0.25, 0.3) is 0 Å². The van der Waals surface area contributed by atoms with Crippen LogP contribution in [-0.4, -0.2) is 53.2 Å². The lowest BCUT2D eigenvalue weighted by molar-refractivity contribution is 0.0498. The van der Waals surface area contributed by atoms with Crippen LogP contribution in [0.3, 0.4) is 0 Å². The summed E-state index contributed by atoms with van der Waals surface area (Å²) >= 11 is 9.90. The first-order valence-corrected chi connectivity index (χ1v) is 13.4. The van der Waals surface area contributed by atoms with E-state index < -0.39 is 12.2 Å². The molecule has 0 spiro atoms. The Morgan fingerprint density at radius 1 is 1.10 bits per heavy atom. The van der Waals surface area contributed by atoms with E-state index in [1.807, 2.05) is 42.6 Å². The average Bonchev–Trinajstić information content (AvgIpc) is 2.77. The fourth-order valence-electron chi connectivity index (χ4n) is 2.07. The molecule has 0 aliphatic rings. The van der Waals surface area contributed by atoms with E-state index >= 15 is 0 Å². The summed E-state index contributed by atoms with van der Waals surface area (Å²) in [6.45, 7) is 8.60. The van der Waals surface area contributed by atoms with E-state index in [1.165, 1.54) is 0 Å². The summed E-state index contributed by atoms with van der Waals surface area (Å²) in [6, 6.07) is 11.5. The van der Waals surface area contributed by atoms with Crippen LogP contribution in [0.4, 0.5) is 0 Å². The SMILES string of the molecule is CCC(C)SCC(O)C(O)CSC(C)(CC)Sc1ccccn1.S=c1cccc[nH]1. The van der Waals surface area contributed by atoms with Crippen molar-refractivity contribution < 1.29 is 10.2 Å². The van der Waals surface area contributed by atoms with Gasteiger partial charge in [-0.3, -0.25) is 0 Å². The molecule has 168 valence electrons. The number of aromatic nitrogens is 2. The smallest absolute Gasteiger partial charge is 0.103 e. The number of nitrogens with zero attached hydrogens (tertiary/aromatic N) is 1. The maximum Gasteiger partial charge on any atom is 0.103 e. The monoisotopic (exact) mass is 486 g/mol. The van der Waals surface area contributed by atoms with Gasteiger partial charge in [-0.25, -0.2) is 4.98 Å². The number of aliphatic hydroxyl groups is 2. The predicted octanol–water partition coefficient (Wildman–Crippen LogP) is 6.03. The van der Waals surface area contributed by atoms with Gasteiger partial charge in [0.1, 0.15) is 4.64 Å². The van der Waals surface area contributed by atoms with Crippen LogP contribution < -0.4 is 0 Å². The Kier molecular flexibility index (Phi) is 14.1. The Hall–Kier alpha value is -0.510. The molecule has 3 N–H and O–H groups in total. The van der Waals surface area contributed by atoms with Gasteiger partial charge in [-0.15, -0.1) is 11.8 Å². The summed E-state index contributed by atoms with van der Waals surface area (Å²) in [4.78, 5) is 7.21. The normalized spacial score (nSPS) is 15.9. The maximum absolute atomic E-state index is 10.2. The maximum atomic E-state index is 10.2. The fourth-order valence-corrected chi connectivity index (χ4v) is 5.70. The lowest BCUT2D eigenvalue weighted by atomic mass is 10.3. The summed E-state index contributed by atoms with van der Waals surface area (Å²) in [5, 5.41) is 21.8. The lowest BCUT2D eigenvalue weighted by Gasteiger charge is -2.28. The minimum atomic E-state index is -0.688. The Morgan fingerprint density at radius 3 is 2.30 bits per heavy atom. The van der Waals surface area contributed by atoms with Gasteiger partial charge in [0.05, 0.1) is 21.3 Å². The molecule has 0 fully saturated rings. The molecule has 2 aromatic rings. The number of hydrogen-bond acceptors (Lipinski definition) is 7. The molecule has 0 saturated heterocycles. The zero-order valence-electron chi connectivity index (χ0n) is 18.2. The number of pyridine rings is 2. The summed E-state index contributed by atoms with van der Waals surface area (Å²) < 4.78 is 0.723. The molecule has 30 heavy (non-hydrogen) atoms. The minimum absolute atomic E-state index is 0.0566. The summed E-state index contributed by atoms with van der Waals surface area (Å²) in [5.41, 5.74) is 0. The van der Waals surface area contributed by atoms with Crippen molar-refractivity contribution in [1.82, 2.24) is 9.97 Å². The molecular weight excluding hydrogens is 453 g/mol. The minimum Gasteiger partial charge on any atom is -0.390 e. The molecule has 2 rings (SSSR count). The highest BCUT2D eigenvalue weighted by molar-refractivity contribution is 8.18. The highest BCUT2D eigenvalue weighted by atomic mass is 32.2. The van der Waals surface area contributed by atoms with Gasteiger partial charge in [-0.1, -0.05) is 56.9 Å². The molecule has 2 heterocycles. The van der Waals surface area contributed by atoms with Gasteiger partial charge in [-0.2, -0.15) is 11.8 Å². The van der Waals surface area contributed by atoms with Crippen molar-refractivity contribution in [3.63, 3.8) is 0 Å². The van der Waals surface area contributed by atoms with Gasteiger partial charge in [0.25, 0.3) is 0 Å². The molecule has 0 radical (unpaired) electrons. The van der Waals surface area contributed by atoms with Gasteiger partial charge < -0.3 is 15.2 Å². The third kappa shape index (κ3) is 11.8. The predicted molar refractivity (Wildman–Crippen MR) is 137 cm³/mol. The van der Waals surface area contributed by atoms with E-state index in [1.54, 1.807) is 41.5 Å². The first kappa shape index (κ1) is 27.5. The van der Waals surface area contributed by atoms with Gasteiger partial charge >= 0.3 is 0 Å².